The Morgan fingerprint density at radius 2 is 2.00 bits per heavy atom. The van der Waals surface area contributed by atoms with Crippen molar-refractivity contribution in [2.45, 2.75) is 52.4 Å². The Morgan fingerprint density at radius 1 is 1.33 bits per heavy atom. The maximum atomic E-state index is 10.8. The van der Waals surface area contributed by atoms with Crippen LogP contribution >= 0.6 is 0 Å². The molecule has 0 aromatic rings. The second-order valence-corrected chi connectivity index (χ2v) is 5.51. The van der Waals surface area contributed by atoms with E-state index in [0.29, 0.717) is 18.5 Å². The standard InChI is InChI=1S/C15H27NO2/c1-3-14(15(17)18)9-11-16-10-8-13-6-4-12(2)5-7-13/h9,12-13,16H,3-8,10-11H2,1-2H3,(H,17,18). The molecule has 0 heterocycles. The number of aliphatic carboxylic acids is 1. The van der Waals surface area contributed by atoms with Crippen LogP contribution in [0.4, 0.5) is 0 Å². The van der Waals surface area contributed by atoms with E-state index in [1.54, 1.807) is 6.08 Å². The van der Waals surface area contributed by atoms with Gasteiger partial charge in [-0.3, -0.25) is 0 Å². The number of carboxylic acid groups (broad SMARTS) is 1. The molecule has 104 valence electrons. The molecule has 0 atom stereocenters. The Balaban J connectivity index is 2.10. The Morgan fingerprint density at radius 3 is 2.56 bits per heavy atom. The molecular formula is C15H27NO2. The van der Waals surface area contributed by atoms with E-state index < -0.39 is 5.97 Å². The highest BCUT2D eigenvalue weighted by Gasteiger charge is 2.17. The van der Waals surface area contributed by atoms with Crippen molar-refractivity contribution in [1.29, 1.82) is 0 Å². The van der Waals surface area contributed by atoms with Gasteiger partial charge < -0.3 is 10.4 Å². The Bertz CT molecular complexity index is 278. The summed E-state index contributed by atoms with van der Waals surface area (Å²) in [6.45, 7) is 5.91. The minimum absolute atomic E-state index is 0.508. The van der Waals surface area contributed by atoms with Crippen LogP contribution in [0, 0.1) is 11.8 Å². The summed E-state index contributed by atoms with van der Waals surface area (Å²) < 4.78 is 0. The van der Waals surface area contributed by atoms with E-state index >= 15 is 0 Å². The Kier molecular flexibility index (Phi) is 7.02. The minimum atomic E-state index is -0.791. The van der Waals surface area contributed by atoms with E-state index in [-0.39, 0.29) is 0 Å². The second kappa shape index (κ2) is 8.30. The van der Waals surface area contributed by atoms with Gasteiger partial charge in [0.25, 0.3) is 0 Å². The fraction of sp³-hybridized carbons (Fsp3) is 0.800. The summed E-state index contributed by atoms with van der Waals surface area (Å²) in [5.74, 6) is 1.00. The summed E-state index contributed by atoms with van der Waals surface area (Å²) in [6, 6.07) is 0. The lowest BCUT2D eigenvalue weighted by Crippen LogP contribution is -2.21. The zero-order valence-corrected chi connectivity index (χ0v) is 11.7. The average Bonchev–Trinajstić information content (AvgIpc) is 2.35. The first-order valence-electron chi connectivity index (χ1n) is 7.26. The van der Waals surface area contributed by atoms with Crippen LogP contribution in [0.15, 0.2) is 11.6 Å². The van der Waals surface area contributed by atoms with Gasteiger partial charge in [0, 0.05) is 12.1 Å². The van der Waals surface area contributed by atoms with E-state index in [0.717, 1.165) is 18.4 Å². The third kappa shape index (κ3) is 5.67. The van der Waals surface area contributed by atoms with Crippen LogP contribution in [-0.2, 0) is 4.79 Å². The minimum Gasteiger partial charge on any atom is -0.478 e. The number of nitrogens with one attached hydrogen (secondary N) is 1. The molecule has 2 N–H and O–H groups in total. The van der Waals surface area contributed by atoms with E-state index in [4.69, 9.17) is 5.11 Å². The molecule has 0 aliphatic heterocycles. The van der Waals surface area contributed by atoms with E-state index in [2.05, 4.69) is 12.2 Å². The molecule has 0 aromatic heterocycles. The van der Waals surface area contributed by atoms with Gasteiger partial charge in [-0.1, -0.05) is 45.6 Å². The molecule has 18 heavy (non-hydrogen) atoms. The van der Waals surface area contributed by atoms with Crippen LogP contribution in [-0.4, -0.2) is 24.2 Å². The number of rotatable bonds is 7. The highest BCUT2D eigenvalue weighted by Crippen LogP contribution is 2.29. The van der Waals surface area contributed by atoms with E-state index in [9.17, 15) is 4.79 Å². The molecule has 1 rings (SSSR count). The van der Waals surface area contributed by atoms with Crippen LogP contribution in [0.2, 0.25) is 0 Å². The molecule has 0 radical (unpaired) electrons. The van der Waals surface area contributed by atoms with Gasteiger partial charge in [0.05, 0.1) is 0 Å². The highest BCUT2D eigenvalue weighted by molar-refractivity contribution is 5.86. The normalized spacial score (nSPS) is 25.1. The fourth-order valence-electron chi connectivity index (χ4n) is 2.60. The van der Waals surface area contributed by atoms with Crippen molar-refractivity contribution >= 4 is 5.97 Å². The lowest BCUT2D eigenvalue weighted by Gasteiger charge is -2.26. The topological polar surface area (TPSA) is 49.3 Å². The molecule has 1 aliphatic rings. The summed E-state index contributed by atoms with van der Waals surface area (Å²) in [6.07, 6.45) is 9.12. The zero-order chi connectivity index (χ0) is 13.4. The quantitative estimate of drug-likeness (QED) is 0.541. The van der Waals surface area contributed by atoms with Gasteiger partial charge in [0.2, 0.25) is 0 Å². The molecule has 0 bridgehead atoms. The van der Waals surface area contributed by atoms with Crippen LogP contribution in [0.5, 0.6) is 0 Å². The molecular weight excluding hydrogens is 226 g/mol. The number of carbonyl (C=O) groups is 1. The van der Waals surface area contributed by atoms with Crippen molar-refractivity contribution in [2.75, 3.05) is 13.1 Å². The van der Waals surface area contributed by atoms with Gasteiger partial charge in [0.15, 0.2) is 0 Å². The molecule has 1 saturated carbocycles. The van der Waals surface area contributed by atoms with Gasteiger partial charge in [-0.25, -0.2) is 4.79 Å². The predicted octanol–water partition coefficient (Wildman–Crippen LogP) is 3.21. The monoisotopic (exact) mass is 253 g/mol. The van der Waals surface area contributed by atoms with Gasteiger partial charge in [-0.15, -0.1) is 0 Å². The average molecular weight is 253 g/mol. The third-order valence-corrected chi connectivity index (χ3v) is 4.01. The van der Waals surface area contributed by atoms with Crippen molar-refractivity contribution in [2.24, 2.45) is 11.8 Å². The fourth-order valence-corrected chi connectivity index (χ4v) is 2.60. The lowest BCUT2D eigenvalue weighted by atomic mass is 9.81. The molecule has 3 nitrogen and oxygen atoms in total. The van der Waals surface area contributed by atoms with Crippen molar-refractivity contribution in [3.8, 4) is 0 Å². The van der Waals surface area contributed by atoms with Gasteiger partial charge in [-0.05, 0) is 31.2 Å². The largest absolute Gasteiger partial charge is 0.478 e. The molecule has 0 saturated heterocycles. The summed E-state index contributed by atoms with van der Waals surface area (Å²) >= 11 is 0. The first-order valence-corrected chi connectivity index (χ1v) is 7.26. The molecule has 1 aliphatic carbocycles. The number of hydrogen-bond donors (Lipinski definition) is 2. The maximum absolute atomic E-state index is 10.8. The van der Waals surface area contributed by atoms with Crippen LogP contribution in [0.3, 0.4) is 0 Å². The molecule has 0 spiro atoms. The highest BCUT2D eigenvalue weighted by atomic mass is 16.4. The molecule has 0 unspecified atom stereocenters. The molecule has 0 amide bonds. The van der Waals surface area contributed by atoms with E-state index in [1.807, 2.05) is 6.92 Å². The van der Waals surface area contributed by atoms with Gasteiger partial charge >= 0.3 is 5.97 Å². The Labute approximate surface area is 111 Å². The van der Waals surface area contributed by atoms with Crippen molar-refractivity contribution in [1.82, 2.24) is 5.32 Å². The lowest BCUT2D eigenvalue weighted by molar-refractivity contribution is -0.132. The SMILES string of the molecule is CCC(=CCNCCC1CCC(C)CC1)C(=O)O. The number of hydrogen-bond acceptors (Lipinski definition) is 2. The zero-order valence-electron chi connectivity index (χ0n) is 11.7. The summed E-state index contributed by atoms with van der Waals surface area (Å²) in [5, 5.41) is 12.2. The molecule has 0 aromatic carbocycles. The van der Waals surface area contributed by atoms with Crippen LogP contribution in [0.25, 0.3) is 0 Å². The first kappa shape index (κ1) is 15.2. The van der Waals surface area contributed by atoms with Gasteiger partial charge in [-0.2, -0.15) is 0 Å². The molecule has 1 fully saturated rings. The van der Waals surface area contributed by atoms with Crippen molar-refractivity contribution in [3.63, 3.8) is 0 Å². The van der Waals surface area contributed by atoms with Gasteiger partial charge in [0.1, 0.15) is 0 Å². The summed E-state index contributed by atoms with van der Waals surface area (Å²) in [7, 11) is 0. The summed E-state index contributed by atoms with van der Waals surface area (Å²) in [4.78, 5) is 10.8. The smallest absolute Gasteiger partial charge is 0.331 e. The maximum Gasteiger partial charge on any atom is 0.331 e. The summed E-state index contributed by atoms with van der Waals surface area (Å²) in [5.41, 5.74) is 0.508. The Hall–Kier alpha value is -0.830. The van der Waals surface area contributed by atoms with Crippen LogP contribution < -0.4 is 5.32 Å². The predicted molar refractivity (Wildman–Crippen MR) is 74.6 cm³/mol. The van der Waals surface area contributed by atoms with Crippen molar-refractivity contribution < 1.29 is 9.90 Å². The third-order valence-electron chi connectivity index (χ3n) is 4.01. The van der Waals surface area contributed by atoms with Crippen molar-refractivity contribution in [3.05, 3.63) is 11.6 Å². The second-order valence-electron chi connectivity index (χ2n) is 5.51. The molecule has 3 heteroatoms. The first-order chi connectivity index (χ1) is 8.63. The van der Waals surface area contributed by atoms with Crippen LogP contribution in [0.1, 0.15) is 52.4 Å². The van der Waals surface area contributed by atoms with E-state index in [1.165, 1.54) is 32.1 Å². The number of carboxylic acids is 1.